The number of nitrogens with zero attached hydrogens (tertiary/aromatic N) is 1. The summed E-state index contributed by atoms with van der Waals surface area (Å²) in [5.74, 6) is 2.72. The molecule has 0 saturated carbocycles. The Morgan fingerprint density at radius 1 is 1.00 bits per heavy atom. The molecule has 2 atom stereocenters. The van der Waals surface area contributed by atoms with Crippen LogP contribution >= 0.6 is 0 Å². The molecule has 2 aromatic carbocycles. The summed E-state index contributed by atoms with van der Waals surface area (Å²) in [7, 11) is 0. The lowest BCUT2D eigenvalue weighted by Gasteiger charge is -2.42. The summed E-state index contributed by atoms with van der Waals surface area (Å²) in [5, 5.41) is 13.4. The quantitative estimate of drug-likeness (QED) is 0.161. The van der Waals surface area contributed by atoms with Gasteiger partial charge in [0.15, 0.2) is 11.3 Å². The molecule has 0 aromatic heterocycles. The van der Waals surface area contributed by atoms with E-state index in [1.54, 1.807) is 54.6 Å². The van der Waals surface area contributed by atoms with Crippen molar-refractivity contribution in [1.82, 2.24) is 0 Å². The molecule has 0 radical (unpaired) electrons. The fourth-order valence-electron chi connectivity index (χ4n) is 3.14. The van der Waals surface area contributed by atoms with E-state index < -0.39 is 22.8 Å². The lowest BCUT2D eigenvalue weighted by atomic mass is 9.66. The second-order valence-electron chi connectivity index (χ2n) is 6.32. The SMILES string of the molecule is NN=Cc1ccc(C(N)(c2ccccc2)C(N)(C(=O)O)C(=O)CCC=O)cc1. The lowest BCUT2D eigenvalue weighted by Crippen LogP contribution is -2.72. The van der Waals surface area contributed by atoms with Crippen LogP contribution in [0.5, 0.6) is 0 Å². The number of carbonyl (C=O) groups excluding carboxylic acids is 2. The molecule has 0 saturated heterocycles. The molecule has 2 unspecified atom stereocenters. The molecule has 0 heterocycles. The average molecular weight is 382 g/mol. The largest absolute Gasteiger partial charge is 0.479 e. The Bertz CT molecular complexity index is 883. The summed E-state index contributed by atoms with van der Waals surface area (Å²) in [5.41, 5.74) is 9.80. The standard InChI is InChI=1S/C20H22N4O4/c21-19(15-5-2-1-3-6-15,16-10-8-14(9-11-16)13-24-23)20(22,18(27)28)17(26)7-4-12-25/h1-3,5-6,8-13H,4,7,21-23H2,(H,27,28). The van der Waals surface area contributed by atoms with Crippen LogP contribution < -0.4 is 17.3 Å². The number of rotatable bonds is 9. The Balaban J connectivity index is 2.74. The molecule has 0 spiro atoms. The minimum atomic E-state index is -2.50. The first-order valence-electron chi connectivity index (χ1n) is 8.49. The highest BCUT2D eigenvalue weighted by atomic mass is 16.4. The van der Waals surface area contributed by atoms with Gasteiger partial charge in [0.25, 0.3) is 0 Å². The number of Topliss-reactive ketones (excluding diaryl/α,β-unsaturated/α-hetero) is 1. The van der Waals surface area contributed by atoms with Gasteiger partial charge in [-0.25, -0.2) is 4.79 Å². The monoisotopic (exact) mass is 382 g/mol. The van der Waals surface area contributed by atoms with Crippen molar-refractivity contribution < 1.29 is 19.5 Å². The van der Waals surface area contributed by atoms with E-state index in [1.165, 1.54) is 6.21 Å². The van der Waals surface area contributed by atoms with E-state index in [-0.39, 0.29) is 12.8 Å². The van der Waals surface area contributed by atoms with Gasteiger partial charge in [-0.05, 0) is 16.7 Å². The lowest BCUT2D eigenvalue weighted by molar-refractivity contribution is -0.151. The van der Waals surface area contributed by atoms with E-state index in [2.05, 4.69) is 5.10 Å². The topological polar surface area (TPSA) is 162 Å². The Morgan fingerprint density at radius 3 is 2.07 bits per heavy atom. The Hall–Kier alpha value is -3.36. The van der Waals surface area contributed by atoms with Gasteiger partial charge in [0.1, 0.15) is 11.8 Å². The number of nitrogens with two attached hydrogens (primary N) is 3. The van der Waals surface area contributed by atoms with Crippen molar-refractivity contribution in [2.75, 3.05) is 0 Å². The van der Waals surface area contributed by atoms with Crippen molar-refractivity contribution in [3.8, 4) is 0 Å². The molecular weight excluding hydrogens is 360 g/mol. The zero-order valence-corrected chi connectivity index (χ0v) is 15.1. The molecule has 8 heteroatoms. The van der Waals surface area contributed by atoms with Crippen LogP contribution in [0.4, 0.5) is 0 Å². The molecule has 2 rings (SSSR count). The maximum absolute atomic E-state index is 12.8. The summed E-state index contributed by atoms with van der Waals surface area (Å²) in [6.45, 7) is 0. The molecule has 0 fully saturated rings. The Labute approximate surface area is 162 Å². The van der Waals surface area contributed by atoms with E-state index in [4.69, 9.17) is 17.3 Å². The number of hydrazone groups is 1. The first-order chi connectivity index (χ1) is 13.3. The highest BCUT2D eigenvalue weighted by Crippen LogP contribution is 2.37. The fraction of sp³-hybridized carbons (Fsp3) is 0.200. The Kier molecular flexibility index (Phi) is 6.40. The third-order valence-electron chi connectivity index (χ3n) is 4.71. The summed E-state index contributed by atoms with van der Waals surface area (Å²) >= 11 is 0. The van der Waals surface area contributed by atoms with Crippen molar-refractivity contribution in [3.63, 3.8) is 0 Å². The third kappa shape index (κ3) is 3.55. The van der Waals surface area contributed by atoms with Gasteiger partial charge in [-0.2, -0.15) is 5.10 Å². The number of carbonyl (C=O) groups is 3. The van der Waals surface area contributed by atoms with E-state index in [0.29, 0.717) is 23.0 Å². The molecule has 7 N–H and O–H groups in total. The number of aliphatic carboxylic acids is 1. The van der Waals surface area contributed by atoms with Gasteiger partial charge in [-0.15, -0.1) is 0 Å². The summed E-state index contributed by atoms with van der Waals surface area (Å²) in [6.07, 6.45) is 1.45. The molecular formula is C20H22N4O4. The van der Waals surface area contributed by atoms with Crippen molar-refractivity contribution in [2.45, 2.75) is 23.9 Å². The van der Waals surface area contributed by atoms with Crippen molar-refractivity contribution in [3.05, 3.63) is 71.3 Å². The van der Waals surface area contributed by atoms with Crippen LogP contribution in [-0.2, 0) is 19.9 Å². The first-order valence-corrected chi connectivity index (χ1v) is 8.49. The van der Waals surface area contributed by atoms with Crippen LogP contribution in [0, 0.1) is 0 Å². The predicted molar refractivity (Wildman–Crippen MR) is 104 cm³/mol. The van der Waals surface area contributed by atoms with Gasteiger partial charge in [0.05, 0.1) is 6.21 Å². The molecule has 0 aliphatic rings. The van der Waals surface area contributed by atoms with Gasteiger partial charge < -0.3 is 27.2 Å². The van der Waals surface area contributed by atoms with E-state index >= 15 is 0 Å². The average Bonchev–Trinajstić information content (AvgIpc) is 2.72. The molecule has 8 nitrogen and oxygen atoms in total. The van der Waals surface area contributed by atoms with Crippen LogP contribution in [0.2, 0.25) is 0 Å². The smallest absolute Gasteiger partial charge is 0.334 e. The number of carboxylic acids is 1. The fourth-order valence-corrected chi connectivity index (χ4v) is 3.14. The predicted octanol–water partition coefficient (Wildman–Crippen LogP) is 0.512. The molecule has 0 aliphatic carbocycles. The molecule has 0 bridgehead atoms. The summed E-state index contributed by atoms with van der Waals surface area (Å²) in [6, 6.07) is 14.7. The summed E-state index contributed by atoms with van der Waals surface area (Å²) < 4.78 is 0. The van der Waals surface area contributed by atoms with E-state index in [9.17, 15) is 19.5 Å². The van der Waals surface area contributed by atoms with E-state index in [0.717, 1.165) is 0 Å². The normalized spacial score (nSPS) is 15.5. The minimum absolute atomic E-state index is 0.151. The van der Waals surface area contributed by atoms with E-state index in [1.807, 2.05) is 0 Å². The van der Waals surface area contributed by atoms with Crippen LogP contribution in [0.15, 0.2) is 59.7 Å². The minimum Gasteiger partial charge on any atom is -0.479 e. The van der Waals surface area contributed by atoms with Crippen LogP contribution in [0.25, 0.3) is 0 Å². The zero-order valence-electron chi connectivity index (χ0n) is 15.1. The molecule has 146 valence electrons. The zero-order chi connectivity index (χ0) is 20.8. The third-order valence-corrected chi connectivity index (χ3v) is 4.71. The number of hydrogen-bond donors (Lipinski definition) is 4. The molecule has 2 aromatic rings. The van der Waals surface area contributed by atoms with Gasteiger partial charge in [0.2, 0.25) is 0 Å². The Morgan fingerprint density at radius 2 is 1.57 bits per heavy atom. The maximum Gasteiger partial charge on any atom is 0.334 e. The van der Waals surface area contributed by atoms with Crippen molar-refractivity contribution in [1.29, 1.82) is 0 Å². The number of ketones is 1. The van der Waals surface area contributed by atoms with Gasteiger partial charge in [-0.3, -0.25) is 4.79 Å². The van der Waals surface area contributed by atoms with Gasteiger partial charge >= 0.3 is 5.97 Å². The maximum atomic E-state index is 12.8. The van der Waals surface area contributed by atoms with Crippen LogP contribution in [0.3, 0.4) is 0 Å². The number of benzene rings is 2. The number of aldehydes is 1. The summed E-state index contributed by atoms with van der Waals surface area (Å²) in [4.78, 5) is 35.8. The number of carboxylic acid groups (broad SMARTS) is 1. The highest BCUT2D eigenvalue weighted by Gasteiger charge is 2.58. The van der Waals surface area contributed by atoms with Gasteiger partial charge in [-0.1, -0.05) is 54.6 Å². The van der Waals surface area contributed by atoms with Crippen LogP contribution in [0.1, 0.15) is 29.5 Å². The number of hydrogen-bond acceptors (Lipinski definition) is 7. The molecule has 0 amide bonds. The highest BCUT2D eigenvalue weighted by molar-refractivity contribution is 6.10. The van der Waals surface area contributed by atoms with Gasteiger partial charge in [0, 0.05) is 12.8 Å². The molecule has 28 heavy (non-hydrogen) atoms. The van der Waals surface area contributed by atoms with Crippen molar-refractivity contribution >= 4 is 24.3 Å². The van der Waals surface area contributed by atoms with Crippen molar-refractivity contribution in [2.24, 2.45) is 22.4 Å². The second-order valence-corrected chi connectivity index (χ2v) is 6.32. The van der Waals surface area contributed by atoms with Crippen LogP contribution in [-0.4, -0.2) is 34.9 Å². The molecule has 0 aliphatic heterocycles. The second kappa shape index (κ2) is 8.55. The first kappa shape index (κ1) is 20.9.